The van der Waals surface area contributed by atoms with Gasteiger partial charge in [0, 0.05) is 43.7 Å². The van der Waals surface area contributed by atoms with Crippen LogP contribution in [0.3, 0.4) is 0 Å². The maximum atomic E-state index is 12.8. The number of sulfonamides is 1. The van der Waals surface area contributed by atoms with Crippen LogP contribution in [0.2, 0.25) is 0 Å². The summed E-state index contributed by atoms with van der Waals surface area (Å²) in [4.78, 5) is 29.5. The van der Waals surface area contributed by atoms with Crippen LogP contribution < -0.4 is 0 Å². The Kier molecular flexibility index (Phi) is 5.12. The molecule has 2 amide bonds. The lowest BCUT2D eigenvalue weighted by molar-refractivity contribution is -0.140. The Bertz CT molecular complexity index is 972. The lowest BCUT2D eigenvalue weighted by atomic mass is 9.85. The topological polar surface area (TPSA) is 78.0 Å². The van der Waals surface area contributed by atoms with E-state index in [9.17, 15) is 18.0 Å². The fourth-order valence-electron chi connectivity index (χ4n) is 5.38. The van der Waals surface area contributed by atoms with Gasteiger partial charge in [-0.1, -0.05) is 28.1 Å². The van der Waals surface area contributed by atoms with Crippen molar-refractivity contribution in [3.05, 3.63) is 40.9 Å². The summed E-state index contributed by atoms with van der Waals surface area (Å²) in [6, 6.07) is 6.67. The average molecular weight is 494 g/mol. The van der Waals surface area contributed by atoms with Gasteiger partial charge in [0.15, 0.2) is 0 Å². The number of allylic oxidation sites excluding steroid dienone is 2. The molecule has 7 nitrogen and oxygen atoms in total. The van der Waals surface area contributed by atoms with Crippen molar-refractivity contribution in [1.82, 2.24) is 14.1 Å². The second kappa shape index (κ2) is 7.55. The molecule has 0 unspecified atom stereocenters. The zero-order valence-electron chi connectivity index (χ0n) is 16.5. The van der Waals surface area contributed by atoms with Gasteiger partial charge in [-0.3, -0.25) is 19.4 Å². The van der Waals surface area contributed by atoms with Gasteiger partial charge in [0.2, 0.25) is 21.8 Å². The van der Waals surface area contributed by atoms with Crippen LogP contribution in [0.1, 0.15) is 6.42 Å². The molecule has 0 N–H and O–H groups in total. The van der Waals surface area contributed by atoms with Gasteiger partial charge in [-0.05, 0) is 42.5 Å². The Morgan fingerprint density at radius 1 is 0.867 bits per heavy atom. The van der Waals surface area contributed by atoms with E-state index >= 15 is 0 Å². The smallest absolute Gasteiger partial charge is 0.243 e. The van der Waals surface area contributed by atoms with Crippen LogP contribution in [0.25, 0.3) is 0 Å². The fourth-order valence-corrected chi connectivity index (χ4v) is 7.06. The summed E-state index contributed by atoms with van der Waals surface area (Å²) in [5, 5.41) is 0. The standard InChI is InChI=1S/C21H24BrN3O4S/c22-16-3-5-17(6-4-16)30(28,29)24-10-7-23(8-11-24)9-12-25-20(26)18-14-1-2-15(13-14)19(18)21(25)27/h1-6,14-15,18-19H,7-13H2/t14-,15+,18+,19-. The monoisotopic (exact) mass is 493 g/mol. The maximum absolute atomic E-state index is 12.8. The van der Waals surface area contributed by atoms with Crippen LogP contribution in [0.5, 0.6) is 0 Å². The SMILES string of the molecule is O=C1[C@@H]2[C@H](C(=O)N1CCN1CCN(S(=O)(=O)c3ccc(Br)cc3)CC1)[C@H]1C=C[C@@H]2C1. The molecule has 0 radical (unpaired) electrons. The molecule has 3 fully saturated rings. The molecule has 30 heavy (non-hydrogen) atoms. The highest BCUT2D eigenvalue weighted by atomic mass is 79.9. The Morgan fingerprint density at radius 2 is 1.43 bits per heavy atom. The highest BCUT2D eigenvalue weighted by Crippen LogP contribution is 2.52. The predicted octanol–water partition coefficient (Wildman–Crippen LogP) is 1.56. The molecular weight excluding hydrogens is 470 g/mol. The number of rotatable bonds is 5. The third kappa shape index (κ3) is 3.26. The summed E-state index contributed by atoms with van der Waals surface area (Å²) in [6.45, 7) is 2.96. The van der Waals surface area contributed by atoms with E-state index in [2.05, 4.69) is 33.0 Å². The molecule has 2 heterocycles. The van der Waals surface area contributed by atoms with Crippen molar-refractivity contribution in [3.8, 4) is 0 Å². The maximum Gasteiger partial charge on any atom is 0.243 e. The number of likely N-dealkylation sites (tertiary alicyclic amines) is 1. The molecule has 4 atom stereocenters. The van der Waals surface area contributed by atoms with E-state index in [1.165, 1.54) is 9.21 Å². The number of hydrogen-bond acceptors (Lipinski definition) is 5. The van der Waals surface area contributed by atoms with Crippen LogP contribution >= 0.6 is 15.9 Å². The van der Waals surface area contributed by atoms with Crippen molar-refractivity contribution in [2.45, 2.75) is 11.3 Å². The zero-order chi connectivity index (χ0) is 21.0. The molecule has 1 saturated carbocycles. The van der Waals surface area contributed by atoms with Crippen LogP contribution in [-0.2, 0) is 19.6 Å². The molecule has 1 aromatic rings. The first-order valence-corrected chi connectivity index (χ1v) is 12.6. The first-order chi connectivity index (χ1) is 14.4. The summed E-state index contributed by atoms with van der Waals surface area (Å²) in [5.74, 6) is 0.125. The Morgan fingerprint density at radius 3 is 2.00 bits per heavy atom. The van der Waals surface area contributed by atoms with Crippen molar-refractivity contribution < 1.29 is 18.0 Å². The third-order valence-electron chi connectivity index (χ3n) is 6.98. The molecule has 0 spiro atoms. The number of halogens is 1. The average Bonchev–Trinajstić information content (AvgIpc) is 3.42. The minimum absolute atomic E-state index is 0.0155. The zero-order valence-corrected chi connectivity index (χ0v) is 18.9. The van der Waals surface area contributed by atoms with Crippen LogP contribution in [0.4, 0.5) is 0 Å². The normalized spacial score (nSPS) is 31.7. The van der Waals surface area contributed by atoms with Gasteiger partial charge in [0.1, 0.15) is 0 Å². The molecule has 2 aliphatic carbocycles. The van der Waals surface area contributed by atoms with E-state index in [1.807, 2.05) is 0 Å². The molecule has 160 valence electrons. The van der Waals surface area contributed by atoms with E-state index in [-0.39, 0.29) is 35.5 Å². The van der Waals surface area contributed by atoms with E-state index in [0.29, 0.717) is 44.2 Å². The van der Waals surface area contributed by atoms with Crippen LogP contribution in [0, 0.1) is 23.7 Å². The largest absolute Gasteiger partial charge is 0.299 e. The minimum atomic E-state index is -3.51. The highest BCUT2D eigenvalue weighted by Gasteiger charge is 2.59. The number of nitrogens with zero attached hydrogens (tertiary/aromatic N) is 3. The van der Waals surface area contributed by atoms with Gasteiger partial charge in [-0.25, -0.2) is 8.42 Å². The summed E-state index contributed by atoms with van der Waals surface area (Å²) >= 11 is 3.32. The van der Waals surface area contributed by atoms with Gasteiger partial charge >= 0.3 is 0 Å². The van der Waals surface area contributed by atoms with Gasteiger partial charge in [-0.15, -0.1) is 0 Å². The van der Waals surface area contributed by atoms with Gasteiger partial charge < -0.3 is 0 Å². The summed E-state index contributed by atoms with van der Waals surface area (Å²) in [5.41, 5.74) is 0. The Balaban J connectivity index is 1.16. The molecule has 5 rings (SSSR count). The second-order valence-electron chi connectivity index (χ2n) is 8.53. The third-order valence-corrected chi connectivity index (χ3v) is 9.43. The van der Waals surface area contributed by atoms with E-state index < -0.39 is 10.0 Å². The number of fused-ring (bicyclic) bond motifs is 5. The lowest BCUT2D eigenvalue weighted by Gasteiger charge is -2.34. The van der Waals surface area contributed by atoms with Gasteiger partial charge in [-0.2, -0.15) is 4.31 Å². The van der Waals surface area contributed by atoms with E-state index in [1.54, 1.807) is 24.3 Å². The number of piperazine rings is 1. The Hall–Kier alpha value is -1.55. The molecule has 2 aliphatic heterocycles. The number of hydrogen-bond donors (Lipinski definition) is 0. The summed E-state index contributed by atoms with van der Waals surface area (Å²) in [6.07, 6.45) is 5.15. The summed E-state index contributed by atoms with van der Waals surface area (Å²) < 4.78 is 28.0. The van der Waals surface area contributed by atoms with Crippen molar-refractivity contribution in [1.29, 1.82) is 0 Å². The van der Waals surface area contributed by atoms with E-state index in [4.69, 9.17) is 0 Å². The van der Waals surface area contributed by atoms with Crippen LogP contribution in [0.15, 0.2) is 45.8 Å². The number of carbonyl (C=O) groups excluding carboxylic acids is 2. The van der Waals surface area contributed by atoms with E-state index in [0.717, 1.165) is 10.9 Å². The van der Waals surface area contributed by atoms with Gasteiger partial charge in [0.25, 0.3) is 0 Å². The van der Waals surface area contributed by atoms with Crippen molar-refractivity contribution >= 4 is 37.8 Å². The summed E-state index contributed by atoms with van der Waals surface area (Å²) in [7, 11) is -3.51. The minimum Gasteiger partial charge on any atom is -0.299 e. The van der Waals surface area contributed by atoms with Gasteiger partial charge in [0.05, 0.1) is 16.7 Å². The van der Waals surface area contributed by atoms with Crippen molar-refractivity contribution in [3.63, 3.8) is 0 Å². The molecule has 2 bridgehead atoms. The first kappa shape index (κ1) is 20.4. The lowest BCUT2D eigenvalue weighted by Crippen LogP contribution is -2.50. The van der Waals surface area contributed by atoms with Crippen molar-refractivity contribution in [2.75, 3.05) is 39.3 Å². The molecule has 2 saturated heterocycles. The quantitative estimate of drug-likeness (QED) is 0.459. The Labute approximate surface area is 184 Å². The molecular formula is C21H24BrN3O4S. The predicted molar refractivity (Wildman–Crippen MR) is 114 cm³/mol. The fraction of sp³-hybridized carbons (Fsp3) is 0.524. The molecule has 4 aliphatic rings. The highest BCUT2D eigenvalue weighted by molar-refractivity contribution is 9.10. The molecule has 1 aromatic carbocycles. The number of carbonyl (C=O) groups is 2. The van der Waals surface area contributed by atoms with Crippen molar-refractivity contribution in [2.24, 2.45) is 23.7 Å². The molecule has 0 aromatic heterocycles. The second-order valence-corrected chi connectivity index (χ2v) is 11.4. The number of imide groups is 1. The number of benzene rings is 1. The first-order valence-electron chi connectivity index (χ1n) is 10.4. The molecule has 9 heteroatoms. The number of amides is 2. The van der Waals surface area contributed by atoms with Crippen LogP contribution in [-0.4, -0.2) is 73.6 Å².